The fourth-order valence-electron chi connectivity index (χ4n) is 4.65. The van der Waals surface area contributed by atoms with E-state index < -0.39 is 17.5 Å². The van der Waals surface area contributed by atoms with E-state index in [9.17, 15) is 19.5 Å². The number of ketones is 1. The molecule has 4 aromatic heterocycles. The van der Waals surface area contributed by atoms with Gasteiger partial charge in [0, 0.05) is 18.8 Å². The van der Waals surface area contributed by atoms with Gasteiger partial charge in [0.1, 0.15) is 54.1 Å². The van der Waals surface area contributed by atoms with Crippen LogP contribution in [-0.2, 0) is 22.7 Å². The van der Waals surface area contributed by atoms with E-state index in [1.54, 1.807) is 54.1 Å². The van der Waals surface area contributed by atoms with Crippen LogP contribution in [0.15, 0.2) is 97.8 Å². The predicted molar refractivity (Wildman–Crippen MR) is 181 cm³/mol. The molecule has 6 rings (SSSR count). The third-order valence-corrected chi connectivity index (χ3v) is 6.80. The summed E-state index contributed by atoms with van der Waals surface area (Å²) in [6, 6.07) is 22.5. The number of halogens is 1. The second-order valence-corrected chi connectivity index (χ2v) is 11.6. The van der Waals surface area contributed by atoms with Crippen LogP contribution in [0.5, 0.6) is 11.5 Å². The monoisotopic (exact) mass is 686 g/mol. The van der Waals surface area contributed by atoms with Gasteiger partial charge in [-0.25, -0.2) is 4.79 Å². The van der Waals surface area contributed by atoms with Crippen molar-refractivity contribution in [1.82, 2.24) is 29.2 Å². The van der Waals surface area contributed by atoms with Crippen molar-refractivity contribution in [1.29, 1.82) is 0 Å². The smallest absolute Gasteiger partial charge is 0.343 e. The van der Waals surface area contributed by atoms with Gasteiger partial charge >= 0.3 is 11.9 Å². The molecule has 0 unspecified atom stereocenters. The number of hydrogen-bond acceptors (Lipinski definition) is 10. The first-order valence-electron chi connectivity index (χ1n) is 15.1. The van der Waals surface area contributed by atoms with Crippen molar-refractivity contribution in [3.8, 4) is 11.5 Å². The predicted octanol–water partition coefficient (Wildman–Crippen LogP) is 6.04. The second kappa shape index (κ2) is 16.3. The number of hydrogen-bond donors (Lipinski definition) is 1. The zero-order valence-electron chi connectivity index (χ0n) is 27.1. The molecule has 49 heavy (non-hydrogen) atoms. The van der Waals surface area contributed by atoms with E-state index in [1.807, 2.05) is 60.7 Å². The number of Topliss-reactive ketones (excluding diaryl/α,β-unsaturated/α-hetero) is 1. The molecule has 0 amide bonds. The highest BCUT2D eigenvalue weighted by Gasteiger charge is 2.22. The summed E-state index contributed by atoms with van der Waals surface area (Å²) in [6.45, 7) is 5.99. The van der Waals surface area contributed by atoms with Crippen LogP contribution in [0.3, 0.4) is 0 Å². The maximum atomic E-state index is 12.9. The minimum Gasteiger partial charge on any atom is -0.488 e. The normalized spacial score (nSPS) is 10.8. The molecule has 13 nitrogen and oxygen atoms in total. The van der Waals surface area contributed by atoms with Crippen molar-refractivity contribution < 1.29 is 33.7 Å². The third-order valence-electron chi connectivity index (χ3n) is 6.80. The van der Waals surface area contributed by atoms with Crippen LogP contribution in [-0.4, -0.2) is 57.6 Å². The lowest BCUT2D eigenvalue weighted by molar-refractivity contribution is -0.154. The maximum absolute atomic E-state index is 12.9. The first kappa shape index (κ1) is 36.0. The Balaban J connectivity index is 0.000000227. The van der Waals surface area contributed by atoms with Crippen molar-refractivity contribution in [2.24, 2.45) is 0 Å². The first-order chi connectivity index (χ1) is 23.1. The average molecular weight is 687 g/mol. The molecule has 254 valence electrons. The molecule has 0 aliphatic heterocycles. The average Bonchev–Trinajstić information content (AvgIpc) is 3.75. The van der Waals surface area contributed by atoms with E-state index in [1.165, 1.54) is 12.7 Å². The van der Waals surface area contributed by atoms with Crippen molar-refractivity contribution in [2.75, 3.05) is 0 Å². The number of fused-ring (bicyclic) bond motifs is 2. The summed E-state index contributed by atoms with van der Waals surface area (Å²) in [5.74, 6) is -1.06. The molecule has 14 heteroatoms. The standard InChI is InChI=1S/C21H23N3O4.C14H11N3O3.ClH/c1-21(2,3)28-18(26)10-9-16(25)19-17(11-12-24-14-22-23-20(19)24)27-13-15-7-5-4-6-8-15;18-14(19)12-11(6-7-17-9-15-16-13(12)17)20-8-10-4-2-1-3-5-10;/h4-8,11-12,14H,9-10,13H2,1-3H3;1-7,9H,8H2,(H,18,19);1H. The lowest BCUT2D eigenvalue weighted by Gasteiger charge is -2.19. The largest absolute Gasteiger partial charge is 0.488 e. The van der Waals surface area contributed by atoms with E-state index >= 15 is 0 Å². The SMILES string of the molecule is CC(C)(C)OC(=O)CCC(=O)c1c(OCc2ccccc2)ccn2cnnc12.Cl.O=C(O)c1c(OCc2ccccc2)ccn2cnnc12. The van der Waals surface area contributed by atoms with Gasteiger partial charge in [0.05, 0.1) is 6.42 Å². The highest BCUT2D eigenvalue weighted by Crippen LogP contribution is 2.26. The lowest BCUT2D eigenvalue weighted by Crippen LogP contribution is -2.24. The Kier molecular flexibility index (Phi) is 12.0. The summed E-state index contributed by atoms with van der Waals surface area (Å²) < 4.78 is 20.0. The molecule has 2 aromatic carbocycles. The van der Waals surface area contributed by atoms with E-state index in [4.69, 9.17) is 14.2 Å². The topological polar surface area (TPSA) is 160 Å². The molecule has 0 saturated heterocycles. The Morgan fingerprint density at radius 3 is 1.63 bits per heavy atom. The number of nitrogens with zero attached hydrogens (tertiary/aromatic N) is 6. The summed E-state index contributed by atoms with van der Waals surface area (Å²) >= 11 is 0. The Hall–Kier alpha value is -5.82. The molecule has 0 saturated carbocycles. The number of carbonyl (C=O) groups is 3. The zero-order chi connectivity index (χ0) is 34.1. The molecule has 0 bridgehead atoms. The second-order valence-electron chi connectivity index (χ2n) is 11.6. The fraction of sp³-hybridized carbons (Fsp3) is 0.229. The Bertz CT molecular complexity index is 2020. The fourth-order valence-corrected chi connectivity index (χ4v) is 4.65. The molecule has 0 atom stereocenters. The number of aromatic carboxylic acids is 1. The van der Waals surface area contributed by atoms with Crippen LogP contribution in [0.4, 0.5) is 0 Å². The molecule has 6 aromatic rings. The summed E-state index contributed by atoms with van der Waals surface area (Å²) in [5.41, 5.74) is 2.36. The Morgan fingerprint density at radius 2 is 1.16 bits per heavy atom. The Labute approximate surface area is 287 Å². The Morgan fingerprint density at radius 1 is 0.694 bits per heavy atom. The van der Waals surface area contributed by atoms with Gasteiger partial charge in [-0.2, -0.15) is 0 Å². The molecule has 0 spiro atoms. The van der Waals surface area contributed by atoms with Gasteiger partial charge in [0.2, 0.25) is 0 Å². The van der Waals surface area contributed by atoms with Crippen molar-refractivity contribution in [3.63, 3.8) is 0 Å². The van der Waals surface area contributed by atoms with Crippen LogP contribution in [0.2, 0.25) is 0 Å². The van der Waals surface area contributed by atoms with Crippen LogP contribution < -0.4 is 9.47 Å². The highest BCUT2D eigenvalue weighted by atomic mass is 35.5. The third kappa shape index (κ3) is 9.61. The van der Waals surface area contributed by atoms with E-state index in [0.29, 0.717) is 30.2 Å². The van der Waals surface area contributed by atoms with Gasteiger partial charge in [0.25, 0.3) is 0 Å². The first-order valence-corrected chi connectivity index (χ1v) is 15.1. The van der Waals surface area contributed by atoms with Gasteiger partial charge < -0.3 is 19.3 Å². The van der Waals surface area contributed by atoms with Crippen LogP contribution in [0, 0.1) is 0 Å². The highest BCUT2D eigenvalue weighted by molar-refractivity contribution is 6.04. The number of pyridine rings is 2. The van der Waals surface area contributed by atoms with E-state index in [0.717, 1.165) is 11.1 Å². The number of aromatic nitrogens is 6. The summed E-state index contributed by atoms with van der Waals surface area (Å²) in [7, 11) is 0. The number of carboxylic acids is 1. The molecule has 4 heterocycles. The van der Waals surface area contributed by atoms with Crippen molar-refractivity contribution in [2.45, 2.75) is 52.4 Å². The molecule has 0 fully saturated rings. The number of rotatable bonds is 11. The minimum absolute atomic E-state index is 0. The molecule has 0 radical (unpaired) electrons. The quantitative estimate of drug-likeness (QED) is 0.125. The van der Waals surface area contributed by atoms with Crippen molar-refractivity contribution in [3.05, 3.63) is 120 Å². The van der Waals surface area contributed by atoms with Crippen LogP contribution in [0.1, 0.15) is 65.5 Å². The summed E-state index contributed by atoms with van der Waals surface area (Å²) in [6.07, 6.45) is 6.36. The van der Waals surface area contributed by atoms with Gasteiger partial charge in [-0.1, -0.05) is 60.7 Å². The summed E-state index contributed by atoms with van der Waals surface area (Å²) in [5, 5.41) is 24.7. The van der Waals surface area contributed by atoms with Crippen LogP contribution >= 0.6 is 12.4 Å². The summed E-state index contributed by atoms with van der Waals surface area (Å²) in [4.78, 5) is 36.2. The van der Waals surface area contributed by atoms with E-state index in [2.05, 4.69) is 20.4 Å². The number of carbonyl (C=O) groups excluding carboxylic acids is 2. The van der Waals surface area contributed by atoms with Gasteiger partial charge in [-0.3, -0.25) is 18.4 Å². The van der Waals surface area contributed by atoms with Crippen molar-refractivity contribution >= 4 is 41.4 Å². The number of benzene rings is 2. The molecule has 0 aliphatic rings. The van der Waals surface area contributed by atoms with Gasteiger partial charge in [-0.05, 0) is 44.0 Å². The lowest BCUT2D eigenvalue weighted by atomic mass is 10.1. The van der Waals surface area contributed by atoms with Crippen LogP contribution in [0.25, 0.3) is 11.3 Å². The molecule has 0 aliphatic carbocycles. The number of carboxylic acid groups (broad SMARTS) is 1. The number of ether oxygens (including phenoxy) is 3. The van der Waals surface area contributed by atoms with Gasteiger partial charge in [0.15, 0.2) is 17.1 Å². The molecular formula is C35H35ClN6O7. The minimum atomic E-state index is -1.09. The van der Waals surface area contributed by atoms with Gasteiger partial charge in [-0.15, -0.1) is 32.8 Å². The zero-order valence-corrected chi connectivity index (χ0v) is 27.9. The number of esters is 1. The maximum Gasteiger partial charge on any atom is 0.343 e. The molecular weight excluding hydrogens is 652 g/mol. The van der Waals surface area contributed by atoms with E-state index in [-0.39, 0.29) is 48.0 Å². The molecule has 1 N–H and O–H groups in total.